The molecule has 2 nitrogen and oxygen atoms in total. The van der Waals surface area contributed by atoms with Gasteiger partial charge >= 0.3 is 0 Å². The van der Waals surface area contributed by atoms with Crippen molar-refractivity contribution in [3.8, 4) is 0 Å². The second-order valence-electron chi connectivity index (χ2n) is 5.74. The summed E-state index contributed by atoms with van der Waals surface area (Å²) in [5.74, 6) is -0.956. The van der Waals surface area contributed by atoms with Crippen LogP contribution in [0.1, 0.15) is 38.7 Å². The van der Waals surface area contributed by atoms with Gasteiger partial charge < -0.3 is 5.32 Å². The molecule has 1 aliphatic heterocycles. The van der Waals surface area contributed by atoms with Crippen LogP contribution in [0, 0.1) is 11.6 Å². The molecule has 1 fully saturated rings. The van der Waals surface area contributed by atoms with Crippen LogP contribution in [0.3, 0.4) is 0 Å². The quantitative estimate of drug-likeness (QED) is 0.911. The van der Waals surface area contributed by atoms with Crippen LogP contribution in [0.2, 0.25) is 0 Å². The first-order valence-corrected chi connectivity index (χ1v) is 7.51. The average Bonchev–Trinajstić information content (AvgIpc) is 2.56. The Labute approximate surface area is 120 Å². The van der Waals surface area contributed by atoms with Gasteiger partial charge in [0.25, 0.3) is 0 Å². The molecular weight excluding hydrogens is 258 g/mol. The molecule has 2 rings (SSSR count). The van der Waals surface area contributed by atoms with Gasteiger partial charge in [0, 0.05) is 36.8 Å². The zero-order valence-corrected chi connectivity index (χ0v) is 12.3. The SMILES string of the molecule is CCCC1CN(Cc2ccc(F)cc2F)C(C)CCN1. The molecule has 2 atom stereocenters. The van der Waals surface area contributed by atoms with Gasteiger partial charge in [-0.3, -0.25) is 4.90 Å². The van der Waals surface area contributed by atoms with Crippen LogP contribution in [0.4, 0.5) is 8.78 Å². The Bertz CT molecular complexity index is 436. The number of nitrogens with zero attached hydrogens (tertiary/aromatic N) is 1. The van der Waals surface area contributed by atoms with Gasteiger partial charge in [0.1, 0.15) is 11.6 Å². The van der Waals surface area contributed by atoms with Crippen molar-refractivity contribution in [2.75, 3.05) is 13.1 Å². The predicted molar refractivity (Wildman–Crippen MR) is 77.5 cm³/mol. The van der Waals surface area contributed by atoms with Crippen LogP contribution < -0.4 is 5.32 Å². The van der Waals surface area contributed by atoms with Gasteiger partial charge in [-0.25, -0.2) is 8.78 Å². The van der Waals surface area contributed by atoms with Gasteiger partial charge in [0.05, 0.1) is 0 Å². The normalized spacial score (nSPS) is 24.6. The number of rotatable bonds is 4. The predicted octanol–water partition coefficient (Wildman–Crippen LogP) is 3.32. The molecule has 0 bridgehead atoms. The van der Waals surface area contributed by atoms with Crippen LogP contribution in [0.15, 0.2) is 18.2 Å². The van der Waals surface area contributed by atoms with Crippen molar-refractivity contribution >= 4 is 0 Å². The summed E-state index contributed by atoms with van der Waals surface area (Å²) in [6, 6.07) is 4.74. The highest BCUT2D eigenvalue weighted by molar-refractivity contribution is 5.18. The van der Waals surface area contributed by atoms with E-state index in [9.17, 15) is 8.78 Å². The largest absolute Gasteiger partial charge is 0.313 e. The number of nitrogens with one attached hydrogen (secondary N) is 1. The lowest BCUT2D eigenvalue weighted by molar-refractivity contribution is 0.191. The van der Waals surface area contributed by atoms with E-state index in [1.165, 1.54) is 6.07 Å². The van der Waals surface area contributed by atoms with E-state index in [0.29, 0.717) is 24.2 Å². The molecule has 1 aliphatic rings. The van der Waals surface area contributed by atoms with Crippen LogP contribution in [-0.2, 0) is 6.54 Å². The summed E-state index contributed by atoms with van der Waals surface area (Å²) in [4.78, 5) is 2.30. The summed E-state index contributed by atoms with van der Waals surface area (Å²) in [7, 11) is 0. The standard InChI is InChI=1S/C16H24F2N2/c1-3-4-15-11-20(12(2)7-8-19-15)10-13-5-6-14(17)9-16(13)18/h5-6,9,12,15,19H,3-4,7-8,10-11H2,1-2H3. The van der Waals surface area contributed by atoms with E-state index in [1.807, 2.05) is 0 Å². The molecule has 0 aliphatic carbocycles. The van der Waals surface area contributed by atoms with E-state index in [2.05, 4.69) is 24.1 Å². The lowest BCUT2D eigenvalue weighted by Crippen LogP contribution is -2.39. The first-order valence-electron chi connectivity index (χ1n) is 7.51. The van der Waals surface area contributed by atoms with Gasteiger partial charge in [-0.1, -0.05) is 19.4 Å². The first kappa shape index (κ1) is 15.4. The van der Waals surface area contributed by atoms with Crippen molar-refractivity contribution in [1.29, 1.82) is 0 Å². The van der Waals surface area contributed by atoms with Crippen molar-refractivity contribution in [2.24, 2.45) is 0 Å². The summed E-state index contributed by atoms with van der Waals surface area (Å²) in [5, 5.41) is 3.56. The maximum atomic E-state index is 13.8. The Morgan fingerprint density at radius 1 is 1.35 bits per heavy atom. The molecule has 0 spiro atoms. The van der Waals surface area contributed by atoms with Crippen molar-refractivity contribution < 1.29 is 8.78 Å². The van der Waals surface area contributed by atoms with E-state index in [4.69, 9.17) is 0 Å². The Balaban J connectivity index is 2.07. The van der Waals surface area contributed by atoms with Crippen molar-refractivity contribution in [3.05, 3.63) is 35.4 Å². The first-order chi connectivity index (χ1) is 9.60. The van der Waals surface area contributed by atoms with Gasteiger partial charge in [-0.15, -0.1) is 0 Å². The third-order valence-electron chi connectivity index (χ3n) is 4.10. The highest BCUT2D eigenvalue weighted by Crippen LogP contribution is 2.18. The highest BCUT2D eigenvalue weighted by Gasteiger charge is 2.23. The minimum atomic E-state index is -0.513. The smallest absolute Gasteiger partial charge is 0.130 e. The van der Waals surface area contributed by atoms with Crippen molar-refractivity contribution in [2.45, 2.75) is 51.7 Å². The molecule has 1 heterocycles. The third-order valence-corrected chi connectivity index (χ3v) is 4.10. The highest BCUT2D eigenvalue weighted by atomic mass is 19.1. The molecule has 20 heavy (non-hydrogen) atoms. The Hall–Kier alpha value is -1.00. The van der Waals surface area contributed by atoms with E-state index < -0.39 is 11.6 Å². The molecular formula is C16H24F2N2. The Morgan fingerprint density at radius 2 is 2.15 bits per heavy atom. The Kier molecular flexibility index (Phi) is 5.49. The van der Waals surface area contributed by atoms with Crippen molar-refractivity contribution in [1.82, 2.24) is 10.2 Å². The monoisotopic (exact) mass is 282 g/mol. The fraction of sp³-hybridized carbons (Fsp3) is 0.625. The minimum Gasteiger partial charge on any atom is -0.313 e. The van der Waals surface area contributed by atoms with E-state index in [-0.39, 0.29) is 0 Å². The number of hydrogen-bond donors (Lipinski definition) is 1. The molecule has 0 aromatic heterocycles. The number of benzene rings is 1. The fourth-order valence-corrected chi connectivity index (χ4v) is 2.84. The second-order valence-corrected chi connectivity index (χ2v) is 5.74. The third kappa shape index (κ3) is 4.00. The molecule has 1 saturated heterocycles. The summed E-state index contributed by atoms with van der Waals surface area (Å²) in [6.07, 6.45) is 3.34. The minimum absolute atomic E-state index is 0.411. The van der Waals surface area contributed by atoms with Gasteiger partial charge in [0.15, 0.2) is 0 Å². The van der Waals surface area contributed by atoms with Gasteiger partial charge in [-0.05, 0) is 32.4 Å². The van der Waals surface area contributed by atoms with E-state index in [1.54, 1.807) is 6.07 Å². The lowest BCUT2D eigenvalue weighted by atomic mass is 10.1. The fourth-order valence-electron chi connectivity index (χ4n) is 2.84. The maximum absolute atomic E-state index is 13.8. The van der Waals surface area contributed by atoms with Crippen LogP contribution in [-0.4, -0.2) is 30.1 Å². The molecule has 0 saturated carbocycles. The molecule has 0 amide bonds. The molecule has 0 radical (unpaired) electrons. The number of hydrogen-bond acceptors (Lipinski definition) is 2. The van der Waals surface area contributed by atoms with Crippen molar-refractivity contribution in [3.63, 3.8) is 0 Å². The molecule has 1 aromatic carbocycles. The average molecular weight is 282 g/mol. The van der Waals surface area contributed by atoms with Gasteiger partial charge in [0.2, 0.25) is 0 Å². The summed E-state index contributed by atoms with van der Waals surface area (Å²) < 4.78 is 26.8. The Morgan fingerprint density at radius 3 is 2.85 bits per heavy atom. The molecule has 1 N–H and O–H groups in total. The van der Waals surface area contributed by atoms with Crippen LogP contribution in [0.5, 0.6) is 0 Å². The summed E-state index contributed by atoms with van der Waals surface area (Å²) in [6.45, 7) is 6.84. The molecule has 4 heteroatoms. The summed E-state index contributed by atoms with van der Waals surface area (Å²) in [5.41, 5.74) is 0.579. The molecule has 1 aromatic rings. The van der Waals surface area contributed by atoms with E-state index >= 15 is 0 Å². The molecule has 2 unspecified atom stereocenters. The topological polar surface area (TPSA) is 15.3 Å². The zero-order chi connectivity index (χ0) is 14.5. The molecule has 112 valence electrons. The number of halogens is 2. The van der Waals surface area contributed by atoms with Crippen LogP contribution >= 0.6 is 0 Å². The lowest BCUT2D eigenvalue weighted by Gasteiger charge is -2.29. The van der Waals surface area contributed by atoms with E-state index in [0.717, 1.165) is 38.4 Å². The van der Waals surface area contributed by atoms with Crippen LogP contribution in [0.25, 0.3) is 0 Å². The summed E-state index contributed by atoms with van der Waals surface area (Å²) >= 11 is 0. The zero-order valence-electron chi connectivity index (χ0n) is 12.3. The van der Waals surface area contributed by atoms with Gasteiger partial charge in [-0.2, -0.15) is 0 Å². The second kappa shape index (κ2) is 7.14. The maximum Gasteiger partial charge on any atom is 0.130 e.